The van der Waals surface area contributed by atoms with Crippen molar-refractivity contribution in [3.8, 4) is 0 Å². The van der Waals surface area contributed by atoms with Gasteiger partial charge >= 0.3 is 0 Å². The maximum Gasteiger partial charge on any atom is 0.263 e. The molecular formula is C16H24N2O3S. The molecule has 1 saturated heterocycles. The van der Waals surface area contributed by atoms with E-state index in [1.807, 2.05) is 17.5 Å². The van der Waals surface area contributed by atoms with Crippen molar-refractivity contribution in [3.05, 3.63) is 22.4 Å². The van der Waals surface area contributed by atoms with Crippen molar-refractivity contribution >= 4 is 23.2 Å². The summed E-state index contributed by atoms with van der Waals surface area (Å²) >= 11 is 1.43. The van der Waals surface area contributed by atoms with Gasteiger partial charge in [0.05, 0.1) is 16.4 Å². The van der Waals surface area contributed by atoms with Crippen molar-refractivity contribution < 1.29 is 14.7 Å². The highest BCUT2D eigenvalue weighted by Gasteiger charge is 2.32. The number of thiophene rings is 1. The first-order chi connectivity index (χ1) is 10.3. The van der Waals surface area contributed by atoms with Crippen LogP contribution in [-0.4, -0.2) is 59.0 Å². The van der Waals surface area contributed by atoms with Gasteiger partial charge in [0.2, 0.25) is 5.91 Å². The highest BCUT2D eigenvalue weighted by molar-refractivity contribution is 7.12. The summed E-state index contributed by atoms with van der Waals surface area (Å²) in [4.78, 5) is 29.0. The van der Waals surface area contributed by atoms with Crippen LogP contribution in [0.25, 0.3) is 0 Å². The monoisotopic (exact) mass is 324 g/mol. The van der Waals surface area contributed by atoms with Crippen molar-refractivity contribution in [2.75, 3.05) is 26.7 Å². The van der Waals surface area contributed by atoms with Gasteiger partial charge in [-0.1, -0.05) is 6.07 Å². The van der Waals surface area contributed by atoms with Crippen molar-refractivity contribution in [2.24, 2.45) is 5.92 Å². The molecule has 1 N–H and O–H groups in total. The Morgan fingerprint density at radius 1 is 1.50 bits per heavy atom. The molecule has 0 spiro atoms. The predicted molar refractivity (Wildman–Crippen MR) is 86.9 cm³/mol. The second kappa shape index (κ2) is 6.79. The van der Waals surface area contributed by atoms with Crippen LogP contribution in [0.15, 0.2) is 17.5 Å². The van der Waals surface area contributed by atoms with Gasteiger partial charge in [-0.25, -0.2) is 0 Å². The molecule has 2 heterocycles. The number of piperidine rings is 1. The van der Waals surface area contributed by atoms with Gasteiger partial charge < -0.3 is 14.9 Å². The number of likely N-dealkylation sites (tertiary alicyclic amines) is 1. The average molecular weight is 324 g/mol. The summed E-state index contributed by atoms with van der Waals surface area (Å²) in [5.74, 6) is -0.159. The van der Waals surface area contributed by atoms with E-state index in [0.29, 0.717) is 19.6 Å². The SMILES string of the molecule is CN(CC(C)(C)O)C(=O)C1CCCN(C(=O)c2cccs2)C1. The molecule has 1 aromatic rings. The Kier molecular flexibility index (Phi) is 5.24. The Morgan fingerprint density at radius 3 is 2.82 bits per heavy atom. The zero-order chi connectivity index (χ0) is 16.3. The third-order valence-electron chi connectivity index (χ3n) is 3.79. The largest absolute Gasteiger partial charge is 0.389 e. The molecule has 122 valence electrons. The fourth-order valence-corrected chi connectivity index (χ4v) is 3.58. The lowest BCUT2D eigenvalue weighted by Crippen LogP contribution is -2.48. The first-order valence-electron chi connectivity index (χ1n) is 7.58. The fraction of sp³-hybridized carbons (Fsp3) is 0.625. The zero-order valence-corrected chi connectivity index (χ0v) is 14.2. The van der Waals surface area contributed by atoms with Gasteiger partial charge in [-0.05, 0) is 38.1 Å². The van der Waals surface area contributed by atoms with Crippen molar-refractivity contribution in [2.45, 2.75) is 32.3 Å². The van der Waals surface area contributed by atoms with Gasteiger partial charge in [-0.2, -0.15) is 0 Å². The number of likely N-dealkylation sites (N-methyl/N-ethyl adjacent to an activating group) is 1. The lowest BCUT2D eigenvalue weighted by molar-refractivity contribution is -0.138. The molecule has 2 amide bonds. The quantitative estimate of drug-likeness (QED) is 0.919. The van der Waals surface area contributed by atoms with Crippen LogP contribution in [0.5, 0.6) is 0 Å². The third-order valence-corrected chi connectivity index (χ3v) is 4.65. The molecule has 22 heavy (non-hydrogen) atoms. The van der Waals surface area contributed by atoms with E-state index in [1.165, 1.54) is 11.3 Å². The minimum Gasteiger partial charge on any atom is -0.389 e. The van der Waals surface area contributed by atoms with Crippen LogP contribution >= 0.6 is 11.3 Å². The summed E-state index contributed by atoms with van der Waals surface area (Å²) in [5.41, 5.74) is -0.911. The van der Waals surface area contributed by atoms with Gasteiger partial charge in [0, 0.05) is 26.7 Å². The van der Waals surface area contributed by atoms with Gasteiger partial charge in [0.25, 0.3) is 5.91 Å². The van der Waals surface area contributed by atoms with E-state index < -0.39 is 5.60 Å². The Hall–Kier alpha value is -1.40. The van der Waals surface area contributed by atoms with E-state index in [2.05, 4.69) is 0 Å². The van der Waals surface area contributed by atoms with E-state index in [4.69, 9.17) is 0 Å². The van der Waals surface area contributed by atoms with Crippen molar-refractivity contribution in [3.63, 3.8) is 0 Å². The molecule has 0 saturated carbocycles. The summed E-state index contributed by atoms with van der Waals surface area (Å²) in [7, 11) is 1.71. The average Bonchev–Trinajstić information content (AvgIpc) is 2.98. The van der Waals surface area contributed by atoms with Crippen LogP contribution < -0.4 is 0 Å². The fourth-order valence-electron chi connectivity index (χ4n) is 2.89. The zero-order valence-electron chi connectivity index (χ0n) is 13.4. The molecule has 1 aliphatic rings. The minimum absolute atomic E-state index is 0.00537. The van der Waals surface area contributed by atoms with E-state index in [1.54, 1.807) is 30.7 Å². The smallest absolute Gasteiger partial charge is 0.263 e. The summed E-state index contributed by atoms with van der Waals surface area (Å²) < 4.78 is 0. The Morgan fingerprint density at radius 2 is 2.23 bits per heavy atom. The molecule has 6 heteroatoms. The molecule has 1 aromatic heterocycles. The number of aliphatic hydroxyl groups is 1. The predicted octanol–water partition coefficient (Wildman–Crippen LogP) is 1.83. The number of carbonyl (C=O) groups is 2. The normalized spacial score (nSPS) is 19.1. The van der Waals surface area contributed by atoms with Gasteiger partial charge in [-0.15, -0.1) is 11.3 Å². The molecule has 5 nitrogen and oxygen atoms in total. The number of hydrogen-bond acceptors (Lipinski definition) is 4. The van der Waals surface area contributed by atoms with Crippen LogP contribution in [0.2, 0.25) is 0 Å². The summed E-state index contributed by atoms with van der Waals surface area (Å²) in [5, 5.41) is 11.7. The van der Waals surface area contributed by atoms with Crippen molar-refractivity contribution in [1.29, 1.82) is 0 Å². The van der Waals surface area contributed by atoms with Gasteiger partial charge in [0.1, 0.15) is 0 Å². The van der Waals surface area contributed by atoms with E-state index >= 15 is 0 Å². The number of nitrogens with zero attached hydrogens (tertiary/aromatic N) is 2. The molecule has 0 aliphatic carbocycles. The second-order valence-electron chi connectivity index (χ2n) is 6.57. The summed E-state index contributed by atoms with van der Waals surface area (Å²) in [6.07, 6.45) is 1.63. The highest BCUT2D eigenvalue weighted by Crippen LogP contribution is 2.22. The number of hydrogen-bond donors (Lipinski definition) is 1. The lowest BCUT2D eigenvalue weighted by Gasteiger charge is -2.35. The van der Waals surface area contributed by atoms with Crippen LogP contribution in [0.3, 0.4) is 0 Å². The first-order valence-corrected chi connectivity index (χ1v) is 8.46. The van der Waals surface area contributed by atoms with E-state index in [0.717, 1.165) is 17.7 Å². The molecule has 0 bridgehead atoms. The standard InChI is InChI=1S/C16H24N2O3S/c1-16(2,21)11-17(3)14(19)12-6-4-8-18(10-12)15(20)13-7-5-9-22-13/h5,7,9,12,21H,4,6,8,10-11H2,1-3H3. The molecule has 1 unspecified atom stereocenters. The Bertz CT molecular complexity index is 522. The summed E-state index contributed by atoms with van der Waals surface area (Å²) in [6, 6.07) is 3.68. The van der Waals surface area contributed by atoms with Crippen molar-refractivity contribution in [1.82, 2.24) is 9.80 Å². The molecule has 1 fully saturated rings. The number of rotatable bonds is 4. The molecule has 0 aromatic carbocycles. The molecule has 1 atom stereocenters. The molecular weight excluding hydrogens is 300 g/mol. The molecule has 1 aliphatic heterocycles. The van der Waals surface area contributed by atoms with E-state index in [9.17, 15) is 14.7 Å². The maximum absolute atomic E-state index is 12.5. The van der Waals surface area contributed by atoms with Gasteiger partial charge in [0.15, 0.2) is 0 Å². The van der Waals surface area contributed by atoms with Crippen LogP contribution in [-0.2, 0) is 4.79 Å². The minimum atomic E-state index is -0.911. The highest BCUT2D eigenvalue weighted by atomic mass is 32.1. The van der Waals surface area contributed by atoms with Crippen LogP contribution in [0, 0.1) is 5.92 Å². The van der Waals surface area contributed by atoms with E-state index in [-0.39, 0.29) is 17.7 Å². The lowest BCUT2D eigenvalue weighted by atomic mass is 9.96. The Labute approximate surface area is 135 Å². The number of carbonyl (C=O) groups excluding carboxylic acids is 2. The first kappa shape index (κ1) is 17.0. The van der Waals surface area contributed by atoms with Gasteiger partial charge in [-0.3, -0.25) is 9.59 Å². The second-order valence-corrected chi connectivity index (χ2v) is 7.52. The summed E-state index contributed by atoms with van der Waals surface area (Å²) in [6.45, 7) is 4.83. The number of amides is 2. The maximum atomic E-state index is 12.5. The van der Waals surface area contributed by atoms with Crippen LogP contribution in [0.1, 0.15) is 36.4 Å². The topological polar surface area (TPSA) is 60.9 Å². The molecule has 0 radical (unpaired) electrons. The molecule has 2 rings (SSSR count). The van der Waals surface area contributed by atoms with Crippen LogP contribution in [0.4, 0.5) is 0 Å². The Balaban J connectivity index is 1.98. The third kappa shape index (κ3) is 4.30.